The Morgan fingerprint density at radius 2 is 2.26 bits per heavy atom. The summed E-state index contributed by atoms with van der Waals surface area (Å²) in [5.74, 6) is 0.200. The third kappa shape index (κ3) is 2.17. The number of amides is 1. The van der Waals surface area contributed by atoms with Crippen molar-refractivity contribution in [3.63, 3.8) is 0 Å². The van der Waals surface area contributed by atoms with Crippen LogP contribution in [0.1, 0.15) is 18.9 Å². The predicted octanol–water partition coefficient (Wildman–Crippen LogP) is 3.15. The number of carbonyl (C=O) groups excluding carboxylic acids is 1. The van der Waals surface area contributed by atoms with Gasteiger partial charge in [0, 0.05) is 25.0 Å². The van der Waals surface area contributed by atoms with Crippen molar-refractivity contribution in [3.8, 4) is 0 Å². The third-order valence-corrected chi connectivity index (χ3v) is 4.18. The Labute approximate surface area is 121 Å². The van der Waals surface area contributed by atoms with Gasteiger partial charge in [0.15, 0.2) is 4.77 Å². The quantitative estimate of drug-likeness (QED) is 0.821. The second-order valence-corrected chi connectivity index (χ2v) is 5.75. The molecule has 0 bridgehead atoms. The number of nitrogens with one attached hydrogen (secondary N) is 1. The van der Waals surface area contributed by atoms with Crippen molar-refractivity contribution in [2.45, 2.75) is 18.9 Å². The minimum absolute atomic E-state index is 0.200. The minimum atomic E-state index is 0.200. The number of hydrogen-bond acceptors (Lipinski definition) is 2. The molecule has 0 saturated carbocycles. The Morgan fingerprint density at radius 3 is 3.00 bits per heavy atom. The van der Waals surface area contributed by atoms with Gasteiger partial charge in [-0.3, -0.25) is 4.79 Å². The van der Waals surface area contributed by atoms with Gasteiger partial charge in [-0.15, -0.1) is 0 Å². The molecule has 0 spiro atoms. The van der Waals surface area contributed by atoms with Crippen molar-refractivity contribution < 1.29 is 4.79 Å². The van der Waals surface area contributed by atoms with Crippen molar-refractivity contribution in [2.75, 3.05) is 13.6 Å². The van der Waals surface area contributed by atoms with Crippen LogP contribution in [-0.4, -0.2) is 34.0 Å². The van der Waals surface area contributed by atoms with Crippen LogP contribution in [0.3, 0.4) is 0 Å². The van der Waals surface area contributed by atoms with Crippen molar-refractivity contribution >= 4 is 40.8 Å². The molecule has 3 rings (SSSR count). The number of aromatic amines is 1. The van der Waals surface area contributed by atoms with Gasteiger partial charge in [-0.1, -0.05) is 11.6 Å². The smallest absolute Gasteiger partial charge is 0.222 e. The van der Waals surface area contributed by atoms with E-state index in [9.17, 15) is 4.79 Å². The molecule has 4 nitrogen and oxygen atoms in total. The number of benzene rings is 1. The zero-order chi connectivity index (χ0) is 13.6. The summed E-state index contributed by atoms with van der Waals surface area (Å²) in [5.41, 5.74) is 1.99. The molecule has 1 fully saturated rings. The lowest BCUT2D eigenvalue weighted by Crippen LogP contribution is -2.37. The van der Waals surface area contributed by atoms with Crippen LogP contribution in [0.2, 0.25) is 5.02 Å². The van der Waals surface area contributed by atoms with Crippen LogP contribution in [-0.2, 0) is 4.79 Å². The number of likely N-dealkylation sites (N-methyl/N-ethyl adjacent to an activating group) is 1. The first-order valence-electron chi connectivity index (χ1n) is 6.20. The lowest BCUT2D eigenvalue weighted by atomic mass is 10.1. The summed E-state index contributed by atoms with van der Waals surface area (Å²) in [5, 5.41) is 0.687. The number of aromatic nitrogens is 2. The number of carbonyl (C=O) groups is 1. The summed E-state index contributed by atoms with van der Waals surface area (Å²) < 4.78 is 2.79. The van der Waals surface area contributed by atoms with E-state index in [0.717, 1.165) is 17.5 Å². The van der Waals surface area contributed by atoms with E-state index in [1.54, 1.807) is 4.90 Å². The highest BCUT2D eigenvalue weighted by Crippen LogP contribution is 2.27. The highest BCUT2D eigenvalue weighted by Gasteiger charge is 2.25. The molecule has 1 aromatic carbocycles. The number of piperidine rings is 1. The van der Waals surface area contributed by atoms with Crippen LogP contribution in [0.4, 0.5) is 0 Å². The zero-order valence-corrected chi connectivity index (χ0v) is 12.1. The molecule has 6 heteroatoms. The first-order chi connectivity index (χ1) is 9.06. The summed E-state index contributed by atoms with van der Waals surface area (Å²) in [6.45, 7) is 0.697. The molecule has 2 aromatic rings. The molecule has 1 atom stereocenters. The molecule has 1 aliphatic heterocycles. The summed E-state index contributed by atoms with van der Waals surface area (Å²) >= 11 is 11.4. The maximum absolute atomic E-state index is 11.6. The fourth-order valence-electron chi connectivity index (χ4n) is 2.67. The van der Waals surface area contributed by atoms with Gasteiger partial charge in [-0.2, -0.15) is 0 Å². The van der Waals surface area contributed by atoms with Gasteiger partial charge in [0.25, 0.3) is 0 Å². The van der Waals surface area contributed by atoms with Crippen LogP contribution >= 0.6 is 23.8 Å². The van der Waals surface area contributed by atoms with E-state index in [1.807, 2.05) is 25.2 Å². The molecule has 2 heterocycles. The molecule has 0 aliphatic carbocycles. The number of nitrogens with zero attached hydrogens (tertiary/aromatic N) is 2. The predicted molar refractivity (Wildman–Crippen MR) is 78.0 cm³/mol. The second-order valence-electron chi connectivity index (χ2n) is 4.93. The fourth-order valence-corrected chi connectivity index (χ4v) is 3.20. The molecule has 1 unspecified atom stereocenters. The molecule has 1 N–H and O–H groups in total. The van der Waals surface area contributed by atoms with Gasteiger partial charge in [0.1, 0.15) is 0 Å². The third-order valence-electron chi connectivity index (χ3n) is 3.65. The Hall–Kier alpha value is -1.33. The molecule has 1 aliphatic rings. The Bertz CT molecular complexity index is 705. The molecular formula is C13H14ClN3OS. The van der Waals surface area contributed by atoms with E-state index in [2.05, 4.69) is 9.55 Å². The summed E-state index contributed by atoms with van der Waals surface area (Å²) in [7, 11) is 1.84. The van der Waals surface area contributed by atoms with Gasteiger partial charge in [0.2, 0.25) is 5.91 Å². The van der Waals surface area contributed by atoms with E-state index < -0.39 is 0 Å². The van der Waals surface area contributed by atoms with Crippen LogP contribution in [0.15, 0.2) is 18.2 Å². The topological polar surface area (TPSA) is 41.0 Å². The van der Waals surface area contributed by atoms with Gasteiger partial charge in [-0.05, 0) is 36.8 Å². The number of rotatable bonds is 1. The maximum Gasteiger partial charge on any atom is 0.222 e. The maximum atomic E-state index is 11.6. The van der Waals surface area contributed by atoms with E-state index in [1.165, 1.54) is 0 Å². The second kappa shape index (κ2) is 4.65. The normalized spacial score (nSPS) is 20.2. The van der Waals surface area contributed by atoms with Gasteiger partial charge in [-0.25, -0.2) is 0 Å². The lowest BCUT2D eigenvalue weighted by Gasteiger charge is -2.30. The van der Waals surface area contributed by atoms with E-state index in [0.29, 0.717) is 22.8 Å². The summed E-state index contributed by atoms with van der Waals surface area (Å²) in [4.78, 5) is 16.5. The minimum Gasteiger partial charge on any atom is -0.344 e. The summed E-state index contributed by atoms with van der Waals surface area (Å²) in [6.07, 6.45) is 1.40. The standard InChI is InChI=1S/C13H14ClN3OS/c1-16-7-9(3-5-12(16)18)17-11-4-2-8(14)6-10(11)15-13(17)19/h2,4,6,9H,3,5,7H2,1H3,(H,15,19). The first-order valence-corrected chi connectivity index (χ1v) is 6.98. The molecule has 19 heavy (non-hydrogen) atoms. The number of halogens is 1. The molecular weight excluding hydrogens is 282 g/mol. The van der Waals surface area contributed by atoms with E-state index >= 15 is 0 Å². The fraction of sp³-hybridized carbons (Fsp3) is 0.385. The summed E-state index contributed by atoms with van der Waals surface area (Å²) in [6, 6.07) is 5.94. The number of fused-ring (bicyclic) bond motifs is 1. The van der Waals surface area contributed by atoms with Crippen molar-refractivity contribution in [3.05, 3.63) is 28.0 Å². The zero-order valence-electron chi connectivity index (χ0n) is 10.5. The van der Waals surface area contributed by atoms with Crippen LogP contribution in [0, 0.1) is 4.77 Å². The molecule has 1 saturated heterocycles. The van der Waals surface area contributed by atoms with Crippen LogP contribution in [0.5, 0.6) is 0 Å². The lowest BCUT2D eigenvalue weighted by molar-refractivity contribution is -0.132. The van der Waals surface area contributed by atoms with E-state index in [4.69, 9.17) is 23.8 Å². The number of imidazole rings is 1. The average molecular weight is 296 g/mol. The number of likely N-dealkylation sites (tertiary alicyclic amines) is 1. The van der Waals surface area contributed by atoms with Gasteiger partial charge < -0.3 is 14.5 Å². The van der Waals surface area contributed by atoms with Crippen molar-refractivity contribution in [1.82, 2.24) is 14.5 Å². The van der Waals surface area contributed by atoms with Crippen LogP contribution < -0.4 is 0 Å². The van der Waals surface area contributed by atoms with Crippen LogP contribution in [0.25, 0.3) is 11.0 Å². The molecule has 0 radical (unpaired) electrons. The Balaban J connectivity index is 2.08. The largest absolute Gasteiger partial charge is 0.344 e. The Morgan fingerprint density at radius 1 is 1.47 bits per heavy atom. The molecule has 1 amide bonds. The Kier molecular flexibility index (Phi) is 3.11. The molecule has 100 valence electrons. The number of H-pyrrole nitrogens is 1. The van der Waals surface area contributed by atoms with Gasteiger partial charge >= 0.3 is 0 Å². The number of hydrogen-bond donors (Lipinski definition) is 1. The average Bonchev–Trinajstić information content (AvgIpc) is 2.68. The van der Waals surface area contributed by atoms with Crippen molar-refractivity contribution in [1.29, 1.82) is 0 Å². The van der Waals surface area contributed by atoms with Crippen molar-refractivity contribution in [2.24, 2.45) is 0 Å². The van der Waals surface area contributed by atoms with E-state index in [-0.39, 0.29) is 11.9 Å². The molecule has 1 aromatic heterocycles. The van der Waals surface area contributed by atoms with Gasteiger partial charge in [0.05, 0.1) is 17.1 Å². The highest BCUT2D eigenvalue weighted by atomic mass is 35.5. The first kappa shape index (κ1) is 12.7. The SMILES string of the molecule is CN1CC(n2c(=S)[nH]c3cc(Cl)ccc32)CCC1=O. The monoisotopic (exact) mass is 295 g/mol. The highest BCUT2D eigenvalue weighted by molar-refractivity contribution is 7.71.